The minimum absolute atomic E-state index is 0.187. The van der Waals surface area contributed by atoms with E-state index in [-0.39, 0.29) is 5.91 Å². The van der Waals surface area contributed by atoms with E-state index in [2.05, 4.69) is 29.4 Å². The van der Waals surface area contributed by atoms with Gasteiger partial charge in [-0.1, -0.05) is 20.3 Å². The van der Waals surface area contributed by atoms with E-state index in [0.717, 1.165) is 25.9 Å². The highest BCUT2D eigenvalue weighted by Crippen LogP contribution is 2.15. The second-order valence-corrected chi connectivity index (χ2v) is 5.26. The number of hydrogen-bond acceptors (Lipinski definition) is 3. The number of carbonyl (C=O) groups is 1. The number of rotatable bonds is 7. The largest absolute Gasteiger partial charge is 0.352 e. The van der Waals surface area contributed by atoms with Gasteiger partial charge in [0.05, 0.1) is 6.54 Å². The van der Waals surface area contributed by atoms with Gasteiger partial charge in [-0.15, -0.1) is 0 Å². The normalized spacial score (nSPS) is 21.2. The SMILES string of the molecule is CCC(CC)NC(=O)CN1CCCCC1CNC. The molecule has 1 unspecified atom stereocenters. The Morgan fingerprint density at radius 2 is 2.06 bits per heavy atom. The monoisotopic (exact) mass is 255 g/mol. The van der Waals surface area contributed by atoms with Gasteiger partial charge in [-0.05, 0) is 39.3 Å². The lowest BCUT2D eigenvalue weighted by Crippen LogP contribution is -2.50. The average Bonchev–Trinajstić information content (AvgIpc) is 2.38. The van der Waals surface area contributed by atoms with Crippen molar-refractivity contribution < 1.29 is 4.79 Å². The maximum absolute atomic E-state index is 12.0. The number of hydrogen-bond donors (Lipinski definition) is 2. The highest BCUT2D eigenvalue weighted by atomic mass is 16.2. The fourth-order valence-corrected chi connectivity index (χ4v) is 2.69. The van der Waals surface area contributed by atoms with E-state index in [0.29, 0.717) is 18.6 Å². The van der Waals surface area contributed by atoms with Gasteiger partial charge < -0.3 is 10.6 Å². The summed E-state index contributed by atoms with van der Waals surface area (Å²) >= 11 is 0. The molecule has 0 saturated carbocycles. The lowest BCUT2D eigenvalue weighted by atomic mass is 10.0. The number of carbonyl (C=O) groups excluding carboxylic acids is 1. The zero-order chi connectivity index (χ0) is 13.4. The molecule has 0 bridgehead atoms. The minimum atomic E-state index is 0.187. The third-order valence-electron chi connectivity index (χ3n) is 3.89. The summed E-state index contributed by atoms with van der Waals surface area (Å²) in [6, 6.07) is 0.862. The van der Waals surface area contributed by atoms with Crippen molar-refractivity contribution in [2.24, 2.45) is 0 Å². The van der Waals surface area contributed by atoms with Crippen LogP contribution in [-0.2, 0) is 4.79 Å². The zero-order valence-electron chi connectivity index (χ0n) is 12.2. The molecule has 4 nitrogen and oxygen atoms in total. The molecule has 1 atom stereocenters. The van der Waals surface area contributed by atoms with Crippen molar-refractivity contribution in [3.8, 4) is 0 Å². The van der Waals surface area contributed by atoms with E-state index in [9.17, 15) is 4.79 Å². The van der Waals surface area contributed by atoms with Crippen LogP contribution in [0.15, 0.2) is 0 Å². The first-order valence-electron chi connectivity index (χ1n) is 7.39. The van der Waals surface area contributed by atoms with Gasteiger partial charge >= 0.3 is 0 Å². The molecule has 0 aliphatic carbocycles. The molecule has 1 aliphatic heterocycles. The molecule has 0 spiro atoms. The topological polar surface area (TPSA) is 44.4 Å². The van der Waals surface area contributed by atoms with Crippen molar-refractivity contribution in [2.45, 2.75) is 58.0 Å². The number of nitrogens with zero attached hydrogens (tertiary/aromatic N) is 1. The van der Waals surface area contributed by atoms with Crippen LogP contribution in [0.2, 0.25) is 0 Å². The second-order valence-electron chi connectivity index (χ2n) is 5.26. The van der Waals surface area contributed by atoms with Gasteiger partial charge in [0.15, 0.2) is 0 Å². The van der Waals surface area contributed by atoms with Gasteiger partial charge in [0.1, 0.15) is 0 Å². The van der Waals surface area contributed by atoms with Gasteiger partial charge in [0.2, 0.25) is 5.91 Å². The van der Waals surface area contributed by atoms with Crippen molar-refractivity contribution in [3.05, 3.63) is 0 Å². The molecule has 0 aromatic carbocycles. The number of nitrogens with one attached hydrogen (secondary N) is 2. The van der Waals surface area contributed by atoms with Crippen molar-refractivity contribution in [1.82, 2.24) is 15.5 Å². The lowest BCUT2D eigenvalue weighted by molar-refractivity contribution is -0.123. The molecule has 18 heavy (non-hydrogen) atoms. The molecular formula is C14H29N3O. The highest BCUT2D eigenvalue weighted by molar-refractivity contribution is 5.78. The van der Waals surface area contributed by atoms with Crippen LogP contribution in [0.4, 0.5) is 0 Å². The summed E-state index contributed by atoms with van der Waals surface area (Å²) in [5.41, 5.74) is 0. The molecule has 2 N–H and O–H groups in total. The maximum atomic E-state index is 12.0. The van der Waals surface area contributed by atoms with Crippen LogP contribution in [0.3, 0.4) is 0 Å². The molecule has 1 amide bonds. The molecular weight excluding hydrogens is 226 g/mol. The number of amides is 1. The summed E-state index contributed by atoms with van der Waals surface area (Å²) in [5, 5.41) is 6.36. The molecule has 0 aromatic rings. The van der Waals surface area contributed by atoms with Crippen LogP contribution >= 0.6 is 0 Å². The quantitative estimate of drug-likeness (QED) is 0.722. The van der Waals surface area contributed by atoms with Crippen molar-refractivity contribution in [3.63, 3.8) is 0 Å². The summed E-state index contributed by atoms with van der Waals surface area (Å²) in [6.45, 7) is 6.85. The standard InChI is InChI=1S/C14H29N3O/c1-4-12(5-2)16-14(18)11-17-9-7-6-8-13(17)10-15-3/h12-13,15H,4-11H2,1-3H3,(H,16,18). The summed E-state index contributed by atoms with van der Waals surface area (Å²) in [6.07, 6.45) is 5.75. The third-order valence-corrected chi connectivity index (χ3v) is 3.89. The second kappa shape index (κ2) is 8.48. The summed E-state index contributed by atoms with van der Waals surface area (Å²) < 4.78 is 0. The van der Waals surface area contributed by atoms with Crippen LogP contribution in [0.1, 0.15) is 46.0 Å². The molecule has 1 saturated heterocycles. The first-order chi connectivity index (χ1) is 8.71. The molecule has 1 aliphatic rings. The predicted molar refractivity (Wildman–Crippen MR) is 75.7 cm³/mol. The Morgan fingerprint density at radius 1 is 1.33 bits per heavy atom. The van der Waals surface area contributed by atoms with Gasteiger partial charge in [-0.25, -0.2) is 0 Å². The molecule has 1 fully saturated rings. The Balaban J connectivity index is 2.40. The van der Waals surface area contributed by atoms with E-state index in [1.165, 1.54) is 19.3 Å². The van der Waals surface area contributed by atoms with Crippen LogP contribution in [0.25, 0.3) is 0 Å². The Bertz CT molecular complexity index is 239. The Hall–Kier alpha value is -0.610. The molecule has 106 valence electrons. The van der Waals surface area contributed by atoms with Gasteiger partial charge in [-0.2, -0.15) is 0 Å². The summed E-state index contributed by atoms with van der Waals surface area (Å²) in [5.74, 6) is 0.187. The summed E-state index contributed by atoms with van der Waals surface area (Å²) in [7, 11) is 1.98. The number of likely N-dealkylation sites (tertiary alicyclic amines) is 1. The molecule has 1 heterocycles. The van der Waals surface area contributed by atoms with E-state index < -0.39 is 0 Å². The van der Waals surface area contributed by atoms with Crippen molar-refractivity contribution >= 4 is 5.91 Å². The van der Waals surface area contributed by atoms with E-state index in [1.54, 1.807) is 0 Å². The average molecular weight is 255 g/mol. The van der Waals surface area contributed by atoms with Crippen LogP contribution < -0.4 is 10.6 Å². The van der Waals surface area contributed by atoms with Crippen LogP contribution in [0, 0.1) is 0 Å². The molecule has 0 radical (unpaired) electrons. The van der Waals surface area contributed by atoms with Crippen LogP contribution in [0.5, 0.6) is 0 Å². The van der Waals surface area contributed by atoms with Gasteiger partial charge in [0, 0.05) is 18.6 Å². The zero-order valence-corrected chi connectivity index (χ0v) is 12.2. The summed E-state index contributed by atoms with van der Waals surface area (Å²) in [4.78, 5) is 14.3. The van der Waals surface area contributed by atoms with Gasteiger partial charge in [0.25, 0.3) is 0 Å². The fourth-order valence-electron chi connectivity index (χ4n) is 2.69. The Kier molecular flexibility index (Phi) is 7.28. The lowest BCUT2D eigenvalue weighted by Gasteiger charge is -2.35. The minimum Gasteiger partial charge on any atom is -0.352 e. The van der Waals surface area contributed by atoms with Crippen LogP contribution in [-0.4, -0.2) is 49.6 Å². The Labute approximate surface area is 111 Å². The van der Waals surface area contributed by atoms with E-state index >= 15 is 0 Å². The van der Waals surface area contributed by atoms with E-state index in [1.807, 2.05) is 7.05 Å². The molecule has 0 aromatic heterocycles. The Morgan fingerprint density at radius 3 is 2.67 bits per heavy atom. The van der Waals surface area contributed by atoms with Gasteiger partial charge in [-0.3, -0.25) is 9.69 Å². The number of piperidine rings is 1. The first kappa shape index (κ1) is 15.4. The number of likely N-dealkylation sites (N-methyl/N-ethyl adjacent to an activating group) is 1. The molecule has 4 heteroatoms. The predicted octanol–water partition coefficient (Wildman–Crippen LogP) is 1.37. The highest BCUT2D eigenvalue weighted by Gasteiger charge is 2.23. The third kappa shape index (κ3) is 4.94. The van der Waals surface area contributed by atoms with Crippen molar-refractivity contribution in [2.75, 3.05) is 26.7 Å². The fraction of sp³-hybridized carbons (Fsp3) is 0.929. The smallest absolute Gasteiger partial charge is 0.234 e. The van der Waals surface area contributed by atoms with E-state index in [4.69, 9.17) is 0 Å². The first-order valence-corrected chi connectivity index (χ1v) is 7.39. The van der Waals surface area contributed by atoms with Crippen molar-refractivity contribution in [1.29, 1.82) is 0 Å². The maximum Gasteiger partial charge on any atom is 0.234 e. The molecule has 1 rings (SSSR count).